The maximum atomic E-state index is 6.20. The van der Waals surface area contributed by atoms with E-state index >= 15 is 0 Å². The Morgan fingerprint density at radius 2 is 2.00 bits per heavy atom. The van der Waals surface area contributed by atoms with E-state index in [4.69, 9.17) is 5.73 Å². The average Bonchev–Trinajstić information content (AvgIpc) is 2.29. The lowest BCUT2D eigenvalue weighted by molar-refractivity contribution is 0.491. The lowest BCUT2D eigenvalue weighted by Gasteiger charge is -2.22. The van der Waals surface area contributed by atoms with Crippen LogP contribution in [0.2, 0.25) is 0 Å². The predicted molar refractivity (Wildman–Crippen MR) is 66.9 cm³/mol. The normalized spacial score (nSPS) is 14.5. The summed E-state index contributed by atoms with van der Waals surface area (Å²) in [6.45, 7) is 5.93. The largest absolute Gasteiger partial charge is 0.327 e. The van der Waals surface area contributed by atoms with E-state index in [9.17, 15) is 0 Å². The van der Waals surface area contributed by atoms with Crippen LogP contribution in [0.25, 0.3) is 0 Å². The van der Waals surface area contributed by atoms with Crippen LogP contribution >= 0.6 is 0 Å². The number of benzene rings is 1. The molecule has 0 aliphatic carbocycles. The molecule has 0 aliphatic heterocycles. The highest BCUT2D eigenvalue weighted by molar-refractivity contribution is 5.21. The Hall–Kier alpha value is -1.08. The molecule has 0 fully saturated rings. The standard InChI is InChI=1S/C14H21N/c1-3-5-11-14(15)13(4-2)12-9-7-6-8-10-12/h3,6-10,13-14H,1,4-5,11,15H2,2H3. The molecule has 0 aliphatic rings. The summed E-state index contributed by atoms with van der Waals surface area (Å²) >= 11 is 0. The molecule has 2 N–H and O–H groups in total. The number of allylic oxidation sites excluding steroid dienone is 1. The van der Waals surface area contributed by atoms with Gasteiger partial charge in [-0.05, 0) is 30.7 Å². The molecular formula is C14H21N. The van der Waals surface area contributed by atoms with Crippen molar-refractivity contribution < 1.29 is 0 Å². The van der Waals surface area contributed by atoms with Gasteiger partial charge in [0.15, 0.2) is 0 Å². The average molecular weight is 203 g/mol. The van der Waals surface area contributed by atoms with Crippen molar-refractivity contribution in [2.45, 2.75) is 38.1 Å². The summed E-state index contributed by atoms with van der Waals surface area (Å²) in [6, 6.07) is 10.8. The van der Waals surface area contributed by atoms with E-state index in [1.54, 1.807) is 0 Å². The van der Waals surface area contributed by atoms with E-state index in [1.807, 2.05) is 12.1 Å². The van der Waals surface area contributed by atoms with Gasteiger partial charge >= 0.3 is 0 Å². The summed E-state index contributed by atoms with van der Waals surface area (Å²) in [7, 11) is 0. The predicted octanol–water partition coefficient (Wildman–Crippen LogP) is 3.47. The second kappa shape index (κ2) is 6.41. The van der Waals surface area contributed by atoms with Crippen LogP contribution in [-0.2, 0) is 0 Å². The lowest BCUT2D eigenvalue weighted by atomic mass is 9.87. The first-order valence-corrected chi connectivity index (χ1v) is 5.71. The Morgan fingerprint density at radius 1 is 1.33 bits per heavy atom. The Labute approximate surface area is 93.0 Å². The van der Waals surface area contributed by atoms with Crippen molar-refractivity contribution in [3.63, 3.8) is 0 Å². The molecule has 0 heterocycles. The van der Waals surface area contributed by atoms with Gasteiger partial charge in [0, 0.05) is 6.04 Å². The zero-order chi connectivity index (χ0) is 11.1. The van der Waals surface area contributed by atoms with Crippen LogP contribution in [-0.4, -0.2) is 6.04 Å². The number of hydrogen-bond acceptors (Lipinski definition) is 1. The number of hydrogen-bond donors (Lipinski definition) is 1. The molecular weight excluding hydrogens is 182 g/mol. The molecule has 15 heavy (non-hydrogen) atoms. The second-order valence-electron chi connectivity index (χ2n) is 3.96. The van der Waals surface area contributed by atoms with E-state index in [2.05, 4.69) is 37.8 Å². The van der Waals surface area contributed by atoms with Crippen LogP contribution in [0.3, 0.4) is 0 Å². The van der Waals surface area contributed by atoms with Gasteiger partial charge in [0.2, 0.25) is 0 Å². The van der Waals surface area contributed by atoms with Gasteiger partial charge in [0.05, 0.1) is 0 Å². The molecule has 0 saturated carbocycles. The molecule has 1 nitrogen and oxygen atoms in total. The summed E-state index contributed by atoms with van der Waals surface area (Å²) in [6.07, 6.45) is 5.07. The van der Waals surface area contributed by atoms with E-state index < -0.39 is 0 Å². The third-order valence-electron chi connectivity index (χ3n) is 2.89. The van der Waals surface area contributed by atoms with Gasteiger partial charge < -0.3 is 5.73 Å². The van der Waals surface area contributed by atoms with Crippen molar-refractivity contribution in [2.24, 2.45) is 5.73 Å². The quantitative estimate of drug-likeness (QED) is 0.704. The van der Waals surface area contributed by atoms with Crippen LogP contribution in [0, 0.1) is 0 Å². The molecule has 1 aromatic carbocycles. The smallest absolute Gasteiger partial charge is 0.0111 e. The van der Waals surface area contributed by atoms with E-state index in [-0.39, 0.29) is 6.04 Å². The van der Waals surface area contributed by atoms with Gasteiger partial charge in [-0.3, -0.25) is 0 Å². The van der Waals surface area contributed by atoms with Crippen LogP contribution in [0.15, 0.2) is 43.0 Å². The minimum Gasteiger partial charge on any atom is -0.327 e. The molecule has 0 saturated heterocycles. The van der Waals surface area contributed by atoms with Crippen molar-refractivity contribution in [1.82, 2.24) is 0 Å². The van der Waals surface area contributed by atoms with Gasteiger partial charge in [0.25, 0.3) is 0 Å². The summed E-state index contributed by atoms with van der Waals surface area (Å²) in [5.41, 5.74) is 7.56. The molecule has 0 spiro atoms. The van der Waals surface area contributed by atoms with Crippen molar-refractivity contribution >= 4 is 0 Å². The Balaban J connectivity index is 2.66. The summed E-state index contributed by atoms with van der Waals surface area (Å²) < 4.78 is 0. The molecule has 2 unspecified atom stereocenters. The molecule has 82 valence electrons. The third-order valence-corrected chi connectivity index (χ3v) is 2.89. The van der Waals surface area contributed by atoms with Crippen LogP contribution < -0.4 is 5.73 Å². The van der Waals surface area contributed by atoms with Gasteiger partial charge in [-0.25, -0.2) is 0 Å². The highest BCUT2D eigenvalue weighted by Gasteiger charge is 2.16. The first-order valence-electron chi connectivity index (χ1n) is 5.71. The van der Waals surface area contributed by atoms with E-state index in [0.717, 1.165) is 19.3 Å². The van der Waals surface area contributed by atoms with Gasteiger partial charge in [-0.2, -0.15) is 0 Å². The number of rotatable bonds is 6. The van der Waals surface area contributed by atoms with Crippen LogP contribution in [0.1, 0.15) is 37.7 Å². The summed E-state index contributed by atoms with van der Waals surface area (Å²) in [5.74, 6) is 0.478. The monoisotopic (exact) mass is 203 g/mol. The summed E-state index contributed by atoms with van der Waals surface area (Å²) in [4.78, 5) is 0. The molecule has 2 atom stereocenters. The van der Waals surface area contributed by atoms with Crippen molar-refractivity contribution in [2.75, 3.05) is 0 Å². The molecule has 0 radical (unpaired) electrons. The topological polar surface area (TPSA) is 26.0 Å². The maximum Gasteiger partial charge on any atom is 0.0111 e. The zero-order valence-electron chi connectivity index (χ0n) is 9.52. The van der Waals surface area contributed by atoms with E-state index in [1.165, 1.54) is 5.56 Å². The Morgan fingerprint density at radius 3 is 2.53 bits per heavy atom. The lowest BCUT2D eigenvalue weighted by Crippen LogP contribution is -2.27. The highest BCUT2D eigenvalue weighted by atomic mass is 14.6. The first kappa shape index (κ1) is 12.0. The highest BCUT2D eigenvalue weighted by Crippen LogP contribution is 2.24. The van der Waals surface area contributed by atoms with Gasteiger partial charge in [-0.15, -0.1) is 6.58 Å². The molecule has 0 aromatic heterocycles. The second-order valence-corrected chi connectivity index (χ2v) is 3.96. The third kappa shape index (κ3) is 3.52. The maximum absolute atomic E-state index is 6.20. The molecule has 0 amide bonds. The van der Waals surface area contributed by atoms with Crippen LogP contribution in [0.5, 0.6) is 0 Å². The SMILES string of the molecule is C=CCCC(N)C(CC)c1ccccc1. The Bertz CT molecular complexity index is 279. The molecule has 1 heteroatoms. The van der Waals surface area contributed by atoms with Crippen molar-refractivity contribution in [3.8, 4) is 0 Å². The van der Waals surface area contributed by atoms with Gasteiger partial charge in [-0.1, -0.05) is 43.3 Å². The fourth-order valence-corrected chi connectivity index (χ4v) is 2.00. The van der Waals surface area contributed by atoms with E-state index in [0.29, 0.717) is 5.92 Å². The minimum atomic E-state index is 0.246. The fraction of sp³-hybridized carbons (Fsp3) is 0.429. The van der Waals surface area contributed by atoms with Crippen molar-refractivity contribution in [1.29, 1.82) is 0 Å². The number of nitrogens with two attached hydrogens (primary N) is 1. The van der Waals surface area contributed by atoms with Crippen molar-refractivity contribution in [3.05, 3.63) is 48.6 Å². The minimum absolute atomic E-state index is 0.246. The molecule has 0 bridgehead atoms. The van der Waals surface area contributed by atoms with Crippen LogP contribution in [0.4, 0.5) is 0 Å². The molecule has 1 rings (SSSR count). The fourth-order valence-electron chi connectivity index (χ4n) is 2.00. The Kier molecular flexibility index (Phi) is 5.13. The summed E-state index contributed by atoms with van der Waals surface area (Å²) in [5, 5.41) is 0. The zero-order valence-corrected chi connectivity index (χ0v) is 9.52. The first-order chi connectivity index (χ1) is 7.29. The van der Waals surface area contributed by atoms with Gasteiger partial charge in [0.1, 0.15) is 0 Å². The molecule has 1 aromatic rings.